The van der Waals surface area contributed by atoms with E-state index in [2.05, 4.69) is 19.1 Å². The summed E-state index contributed by atoms with van der Waals surface area (Å²) in [6, 6.07) is 8.52. The van der Waals surface area contributed by atoms with Gasteiger partial charge in [0.2, 0.25) is 0 Å². The van der Waals surface area contributed by atoms with Crippen LogP contribution in [0.1, 0.15) is 81.8 Å². The summed E-state index contributed by atoms with van der Waals surface area (Å²) in [6.45, 7) is 4.29. The van der Waals surface area contributed by atoms with Gasteiger partial charge < -0.3 is 0 Å². The van der Waals surface area contributed by atoms with E-state index in [0.717, 1.165) is 30.2 Å². The van der Waals surface area contributed by atoms with Gasteiger partial charge in [0.15, 0.2) is 0 Å². The Morgan fingerprint density at radius 3 is 1.88 bits per heavy atom. The van der Waals surface area contributed by atoms with Crippen LogP contribution in [0.25, 0.3) is 11.1 Å². The predicted molar refractivity (Wildman–Crippen MR) is 115 cm³/mol. The monoisotopic (exact) mass is 352 g/mol. The van der Waals surface area contributed by atoms with Gasteiger partial charge in [-0.05, 0) is 53.4 Å². The van der Waals surface area contributed by atoms with Gasteiger partial charge in [-0.1, -0.05) is 107 Å². The molecule has 1 aliphatic rings. The molecule has 0 radical (unpaired) electrons. The van der Waals surface area contributed by atoms with Gasteiger partial charge in [-0.25, -0.2) is 0 Å². The lowest BCUT2D eigenvalue weighted by molar-refractivity contribution is 0.252. The Bertz CT molecular complexity index is 804. The molecule has 2 aromatic carbocycles. The van der Waals surface area contributed by atoms with E-state index < -0.39 is 0 Å². The normalized spacial score (nSPS) is 22.4. The maximum Gasteiger partial charge on any atom is 0.0629 e. The molecule has 0 heterocycles. The largest absolute Gasteiger partial charge is 0.0654 e. The minimum atomic E-state index is 0.0797. The van der Waals surface area contributed by atoms with Crippen LogP contribution >= 0.6 is 0 Å². The SMILES string of the molecule is [2H]c1c([2H])c(-c2ccc(CCC3CCC(CCC)CC3)cc2)c([2H])c([2H])c1CCC. The molecule has 0 unspecified atom stereocenters. The third-order valence-corrected chi connectivity index (χ3v) is 5.92. The van der Waals surface area contributed by atoms with Crippen LogP contribution in [0.2, 0.25) is 0 Å². The molecule has 2 aromatic rings. The van der Waals surface area contributed by atoms with E-state index in [1.54, 1.807) is 0 Å². The quantitative estimate of drug-likeness (QED) is 0.454. The average Bonchev–Trinajstić information content (AvgIpc) is 2.76. The number of aryl methyl sites for hydroxylation is 1. The Morgan fingerprint density at radius 1 is 0.692 bits per heavy atom. The fourth-order valence-electron chi connectivity index (χ4n) is 4.28. The molecule has 1 saturated carbocycles. The fourth-order valence-corrected chi connectivity index (χ4v) is 4.28. The van der Waals surface area contributed by atoms with Gasteiger partial charge in [0.1, 0.15) is 0 Å². The number of rotatable bonds is 8. The second kappa shape index (κ2) is 9.95. The highest BCUT2D eigenvalue weighted by molar-refractivity contribution is 5.63. The molecule has 0 aromatic heterocycles. The molecule has 1 fully saturated rings. The highest BCUT2D eigenvalue weighted by atomic mass is 14.3. The summed E-state index contributed by atoms with van der Waals surface area (Å²) in [5.74, 6) is 1.80. The van der Waals surface area contributed by atoms with Crippen molar-refractivity contribution in [2.45, 2.75) is 78.1 Å². The molecule has 140 valence electrons. The van der Waals surface area contributed by atoms with Crippen molar-refractivity contribution >= 4 is 0 Å². The molecule has 0 spiro atoms. The van der Waals surface area contributed by atoms with Crippen molar-refractivity contribution in [2.24, 2.45) is 11.8 Å². The second-order valence-corrected chi connectivity index (χ2v) is 8.01. The number of hydrogen-bond acceptors (Lipinski definition) is 0. The topological polar surface area (TPSA) is 0 Å². The molecule has 0 nitrogen and oxygen atoms in total. The van der Waals surface area contributed by atoms with Crippen molar-refractivity contribution in [3.05, 3.63) is 59.6 Å². The molecule has 26 heavy (non-hydrogen) atoms. The number of benzene rings is 2. The van der Waals surface area contributed by atoms with Crippen LogP contribution in [0.3, 0.4) is 0 Å². The third kappa shape index (κ3) is 5.47. The molecular weight excluding hydrogens is 312 g/mol. The summed E-state index contributed by atoms with van der Waals surface area (Å²) in [5, 5.41) is 0. The molecule has 0 heteroatoms. The van der Waals surface area contributed by atoms with E-state index in [9.17, 15) is 0 Å². The Hall–Kier alpha value is -1.56. The van der Waals surface area contributed by atoms with E-state index in [0.29, 0.717) is 17.5 Å². The Labute approximate surface area is 166 Å². The second-order valence-electron chi connectivity index (χ2n) is 8.01. The standard InChI is InChI=1S/C26H36/c1-3-5-21-7-9-23(10-8-21)11-12-24-15-19-26(20-16-24)25-17-13-22(6-4-2)14-18-25/h13-21,23H,3-12H2,1-2H3/i13D,14D,17D,18D. The zero-order valence-electron chi connectivity index (χ0n) is 20.5. The van der Waals surface area contributed by atoms with Crippen molar-refractivity contribution in [3.63, 3.8) is 0 Å². The van der Waals surface area contributed by atoms with Crippen LogP contribution in [0.4, 0.5) is 0 Å². The molecule has 0 aliphatic heterocycles. The molecule has 1 aliphatic carbocycles. The van der Waals surface area contributed by atoms with E-state index in [1.807, 2.05) is 19.1 Å². The van der Waals surface area contributed by atoms with Crippen molar-refractivity contribution in [1.82, 2.24) is 0 Å². The Balaban J connectivity index is 1.68. The lowest BCUT2D eigenvalue weighted by Gasteiger charge is -2.28. The Kier molecular flexibility index (Phi) is 5.55. The maximum absolute atomic E-state index is 8.41. The van der Waals surface area contributed by atoms with Crippen molar-refractivity contribution < 1.29 is 5.48 Å². The summed E-state index contributed by atoms with van der Waals surface area (Å²) < 4.78 is 33.4. The molecular formula is C26H36. The van der Waals surface area contributed by atoms with Gasteiger partial charge in [0.05, 0.1) is 5.48 Å². The van der Waals surface area contributed by atoms with Crippen LogP contribution in [0.5, 0.6) is 0 Å². The van der Waals surface area contributed by atoms with Crippen LogP contribution in [0, 0.1) is 11.8 Å². The van der Waals surface area contributed by atoms with Crippen LogP contribution < -0.4 is 0 Å². The smallest absolute Gasteiger partial charge is 0.0629 e. The van der Waals surface area contributed by atoms with Crippen molar-refractivity contribution in [2.75, 3.05) is 0 Å². The summed E-state index contributed by atoms with van der Waals surface area (Å²) >= 11 is 0. The molecule has 3 rings (SSSR count). The fraction of sp³-hybridized carbons (Fsp3) is 0.538. The average molecular weight is 353 g/mol. The summed E-state index contributed by atoms with van der Waals surface area (Å²) in [4.78, 5) is 0. The molecule has 0 amide bonds. The van der Waals surface area contributed by atoms with Gasteiger partial charge in [-0.3, -0.25) is 0 Å². The first kappa shape index (κ1) is 14.5. The van der Waals surface area contributed by atoms with E-state index in [1.165, 1.54) is 50.5 Å². The van der Waals surface area contributed by atoms with Gasteiger partial charge >= 0.3 is 0 Å². The minimum absolute atomic E-state index is 0.0797. The molecule has 0 atom stereocenters. The van der Waals surface area contributed by atoms with Crippen molar-refractivity contribution in [1.29, 1.82) is 0 Å². The molecule has 0 N–H and O–H groups in total. The molecule has 0 saturated heterocycles. The Morgan fingerprint density at radius 2 is 1.31 bits per heavy atom. The first-order chi connectivity index (χ1) is 14.5. The van der Waals surface area contributed by atoms with Crippen LogP contribution in [-0.2, 0) is 12.8 Å². The van der Waals surface area contributed by atoms with Gasteiger partial charge in [0.25, 0.3) is 0 Å². The highest BCUT2D eigenvalue weighted by Crippen LogP contribution is 2.34. The summed E-state index contributed by atoms with van der Waals surface area (Å²) in [7, 11) is 0. The number of hydrogen-bond donors (Lipinski definition) is 0. The van der Waals surface area contributed by atoms with E-state index in [4.69, 9.17) is 5.48 Å². The zero-order chi connectivity index (χ0) is 21.7. The summed E-state index contributed by atoms with van der Waals surface area (Å²) in [6.07, 6.45) is 11.9. The van der Waals surface area contributed by atoms with Crippen molar-refractivity contribution in [3.8, 4) is 11.1 Å². The lowest BCUT2D eigenvalue weighted by Crippen LogP contribution is -2.15. The van der Waals surface area contributed by atoms with Crippen LogP contribution in [-0.4, -0.2) is 0 Å². The van der Waals surface area contributed by atoms with Gasteiger partial charge in [-0.2, -0.15) is 0 Å². The first-order valence-electron chi connectivity index (χ1n) is 12.6. The van der Waals surface area contributed by atoms with Crippen LogP contribution in [0.15, 0.2) is 48.4 Å². The lowest BCUT2D eigenvalue weighted by atomic mass is 9.78. The zero-order valence-corrected chi connectivity index (χ0v) is 16.5. The predicted octanol–water partition coefficient (Wildman–Crippen LogP) is 7.85. The highest BCUT2D eigenvalue weighted by Gasteiger charge is 2.20. The first-order valence-corrected chi connectivity index (χ1v) is 10.6. The minimum Gasteiger partial charge on any atom is -0.0654 e. The maximum atomic E-state index is 8.41. The van der Waals surface area contributed by atoms with E-state index in [-0.39, 0.29) is 24.2 Å². The summed E-state index contributed by atoms with van der Waals surface area (Å²) in [5.41, 5.74) is 3.03. The van der Waals surface area contributed by atoms with E-state index >= 15 is 0 Å². The third-order valence-electron chi connectivity index (χ3n) is 5.92. The van der Waals surface area contributed by atoms with Gasteiger partial charge in [0, 0.05) is 0 Å². The van der Waals surface area contributed by atoms with Gasteiger partial charge in [-0.15, -0.1) is 0 Å². The molecule has 0 bridgehead atoms.